The lowest BCUT2D eigenvalue weighted by molar-refractivity contribution is -0.117. The van der Waals surface area contributed by atoms with Gasteiger partial charge in [-0.2, -0.15) is 0 Å². The van der Waals surface area contributed by atoms with Gasteiger partial charge in [0.15, 0.2) is 0 Å². The molecule has 4 heteroatoms. The molecule has 4 nitrogen and oxygen atoms in total. The minimum Gasteiger partial charge on any atom is -0.496 e. The van der Waals surface area contributed by atoms with Crippen LogP contribution in [0.4, 0.5) is 0 Å². The summed E-state index contributed by atoms with van der Waals surface area (Å²) < 4.78 is 10.7. The second-order valence-corrected chi connectivity index (χ2v) is 4.60. The minimum absolute atomic E-state index is 0.223. The molecule has 0 bridgehead atoms. The fraction of sp³-hybridized carbons (Fsp3) is 0.538. The van der Waals surface area contributed by atoms with E-state index in [1.54, 1.807) is 7.11 Å². The zero-order valence-corrected chi connectivity index (χ0v) is 10.3. The molecule has 0 spiro atoms. The van der Waals surface area contributed by atoms with E-state index >= 15 is 0 Å². The smallest absolute Gasteiger partial charge is 0.122 e. The van der Waals surface area contributed by atoms with Crippen LogP contribution < -0.4 is 10.5 Å². The van der Waals surface area contributed by atoms with Crippen molar-refractivity contribution >= 4 is 0 Å². The molecule has 0 aliphatic carbocycles. The number of benzene rings is 1. The topological polar surface area (TPSA) is 64.7 Å². The maximum absolute atomic E-state index is 10.1. The van der Waals surface area contributed by atoms with E-state index < -0.39 is 11.5 Å². The van der Waals surface area contributed by atoms with Gasteiger partial charge in [0.1, 0.15) is 5.75 Å². The van der Waals surface area contributed by atoms with Crippen LogP contribution >= 0.6 is 0 Å². The number of aryl methyl sites for hydroxylation is 1. The Morgan fingerprint density at radius 1 is 1.53 bits per heavy atom. The molecule has 1 saturated heterocycles. The summed E-state index contributed by atoms with van der Waals surface area (Å²) in [4.78, 5) is 0. The first-order chi connectivity index (χ1) is 8.14. The minimum atomic E-state index is -0.605. The van der Waals surface area contributed by atoms with E-state index in [2.05, 4.69) is 0 Å². The molecule has 1 aromatic rings. The van der Waals surface area contributed by atoms with Gasteiger partial charge in [-0.3, -0.25) is 0 Å². The van der Waals surface area contributed by atoms with Crippen molar-refractivity contribution in [2.45, 2.75) is 18.4 Å². The average molecular weight is 237 g/mol. The van der Waals surface area contributed by atoms with Gasteiger partial charge in [-0.25, -0.2) is 0 Å². The van der Waals surface area contributed by atoms with Gasteiger partial charge in [-0.15, -0.1) is 0 Å². The summed E-state index contributed by atoms with van der Waals surface area (Å²) in [5, 5.41) is 10.1. The van der Waals surface area contributed by atoms with Crippen LogP contribution in [0.25, 0.3) is 0 Å². The van der Waals surface area contributed by atoms with E-state index in [0.29, 0.717) is 13.2 Å². The Kier molecular flexibility index (Phi) is 3.38. The quantitative estimate of drug-likeness (QED) is 0.804. The van der Waals surface area contributed by atoms with Gasteiger partial charge in [0.25, 0.3) is 0 Å². The Morgan fingerprint density at radius 3 is 2.71 bits per heavy atom. The predicted octanol–water partition coefficient (Wildman–Crippen LogP) is 0.591. The summed E-state index contributed by atoms with van der Waals surface area (Å²) in [6, 6.07) is 5.96. The first-order valence-corrected chi connectivity index (χ1v) is 5.75. The molecule has 1 heterocycles. The van der Waals surface area contributed by atoms with Gasteiger partial charge < -0.3 is 20.3 Å². The number of hydrogen-bond donors (Lipinski definition) is 2. The Morgan fingerprint density at radius 2 is 2.24 bits per heavy atom. The molecular formula is C13H19NO3. The summed E-state index contributed by atoms with van der Waals surface area (Å²) in [5.74, 6) is 0.784. The maximum Gasteiger partial charge on any atom is 0.122 e. The molecule has 1 aliphatic rings. The van der Waals surface area contributed by atoms with Crippen molar-refractivity contribution in [3.63, 3.8) is 0 Å². The van der Waals surface area contributed by atoms with Crippen molar-refractivity contribution in [2.24, 2.45) is 5.73 Å². The van der Waals surface area contributed by atoms with Crippen molar-refractivity contribution in [3.8, 4) is 5.75 Å². The molecule has 1 unspecified atom stereocenters. The molecule has 1 aromatic carbocycles. The zero-order valence-electron chi connectivity index (χ0n) is 10.3. The molecule has 0 aromatic heterocycles. The number of methoxy groups -OCH3 is 1. The first-order valence-electron chi connectivity index (χ1n) is 5.75. The molecule has 3 N–H and O–H groups in total. The standard InChI is InChI=1S/C13H19NO3/c1-9-3-4-11(16-2)10(5-9)13(7-17-8-13)12(15)6-14/h3-5,12,15H,6-8,14H2,1-2H3. The molecule has 1 fully saturated rings. The fourth-order valence-electron chi connectivity index (χ4n) is 2.29. The van der Waals surface area contributed by atoms with E-state index in [4.69, 9.17) is 15.2 Å². The highest BCUT2D eigenvalue weighted by atomic mass is 16.5. The van der Waals surface area contributed by atoms with Crippen LogP contribution in [-0.2, 0) is 10.2 Å². The Labute approximate surface area is 101 Å². The van der Waals surface area contributed by atoms with Crippen molar-refractivity contribution in [2.75, 3.05) is 26.9 Å². The third-order valence-corrected chi connectivity index (χ3v) is 3.47. The second-order valence-electron chi connectivity index (χ2n) is 4.60. The summed E-state index contributed by atoms with van der Waals surface area (Å²) in [7, 11) is 1.64. The number of aliphatic hydroxyl groups excluding tert-OH is 1. The van der Waals surface area contributed by atoms with Crippen LogP contribution in [0.5, 0.6) is 5.75 Å². The number of hydrogen-bond acceptors (Lipinski definition) is 4. The van der Waals surface area contributed by atoms with E-state index in [1.165, 1.54) is 0 Å². The normalized spacial score (nSPS) is 19.5. The van der Waals surface area contributed by atoms with Gasteiger partial charge in [0, 0.05) is 12.1 Å². The number of rotatable bonds is 4. The van der Waals surface area contributed by atoms with Gasteiger partial charge in [0.05, 0.1) is 31.8 Å². The third kappa shape index (κ3) is 1.92. The van der Waals surface area contributed by atoms with Gasteiger partial charge >= 0.3 is 0 Å². The molecule has 0 radical (unpaired) electrons. The predicted molar refractivity (Wildman–Crippen MR) is 65.3 cm³/mol. The second kappa shape index (κ2) is 4.64. The number of nitrogens with two attached hydrogens (primary N) is 1. The van der Waals surface area contributed by atoms with Crippen molar-refractivity contribution in [1.82, 2.24) is 0 Å². The largest absolute Gasteiger partial charge is 0.496 e. The monoisotopic (exact) mass is 237 g/mol. The highest BCUT2D eigenvalue weighted by molar-refractivity contribution is 5.44. The highest BCUT2D eigenvalue weighted by Gasteiger charge is 2.47. The Hall–Kier alpha value is -1.10. The SMILES string of the molecule is COc1ccc(C)cc1C1(C(O)CN)COC1. The average Bonchev–Trinajstić information content (AvgIpc) is 2.27. The van der Waals surface area contributed by atoms with Crippen LogP contribution in [-0.4, -0.2) is 38.1 Å². The molecular weight excluding hydrogens is 218 g/mol. The lowest BCUT2D eigenvalue weighted by Gasteiger charge is -2.45. The van der Waals surface area contributed by atoms with Gasteiger partial charge in [0.2, 0.25) is 0 Å². The van der Waals surface area contributed by atoms with Crippen LogP contribution in [0.2, 0.25) is 0 Å². The summed E-state index contributed by atoms with van der Waals surface area (Å²) in [5.41, 5.74) is 7.30. The van der Waals surface area contributed by atoms with Crippen molar-refractivity contribution in [1.29, 1.82) is 0 Å². The Bertz CT molecular complexity index is 402. The van der Waals surface area contributed by atoms with E-state index in [0.717, 1.165) is 16.9 Å². The van der Waals surface area contributed by atoms with Crippen LogP contribution in [0.3, 0.4) is 0 Å². The number of aliphatic hydroxyl groups is 1. The molecule has 1 aliphatic heterocycles. The Balaban J connectivity index is 2.46. The van der Waals surface area contributed by atoms with Crippen LogP contribution in [0.15, 0.2) is 18.2 Å². The summed E-state index contributed by atoms with van der Waals surface area (Å²) in [6.07, 6.45) is -0.605. The van der Waals surface area contributed by atoms with Gasteiger partial charge in [-0.05, 0) is 13.0 Å². The van der Waals surface area contributed by atoms with E-state index in [-0.39, 0.29) is 6.54 Å². The molecule has 17 heavy (non-hydrogen) atoms. The molecule has 2 rings (SSSR count). The third-order valence-electron chi connectivity index (χ3n) is 3.47. The number of ether oxygens (including phenoxy) is 2. The lowest BCUT2D eigenvalue weighted by atomic mass is 9.73. The molecule has 94 valence electrons. The van der Waals surface area contributed by atoms with Crippen LogP contribution in [0.1, 0.15) is 11.1 Å². The molecule has 0 saturated carbocycles. The molecule has 0 amide bonds. The fourth-order valence-corrected chi connectivity index (χ4v) is 2.29. The van der Waals surface area contributed by atoms with E-state index in [1.807, 2.05) is 25.1 Å². The molecule has 1 atom stereocenters. The summed E-state index contributed by atoms with van der Waals surface area (Å²) in [6.45, 7) is 3.22. The highest BCUT2D eigenvalue weighted by Crippen LogP contribution is 2.40. The van der Waals surface area contributed by atoms with Crippen molar-refractivity contribution in [3.05, 3.63) is 29.3 Å². The lowest BCUT2D eigenvalue weighted by Crippen LogP contribution is -2.57. The van der Waals surface area contributed by atoms with E-state index in [9.17, 15) is 5.11 Å². The zero-order chi connectivity index (χ0) is 12.5. The maximum atomic E-state index is 10.1. The summed E-state index contributed by atoms with van der Waals surface area (Å²) >= 11 is 0. The van der Waals surface area contributed by atoms with Gasteiger partial charge in [-0.1, -0.05) is 17.7 Å². The van der Waals surface area contributed by atoms with Crippen LogP contribution in [0, 0.1) is 6.92 Å². The van der Waals surface area contributed by atoms with Crippen molar-refractivity contribution < 1.29 is 14.6 Å². The first kappa shape index (κ1) is 12.4.